The molecule has 13 aromatic rings. The molecule has 0 unspecified atom stereocenters. The molecule has 0 aliphatic carbocycles. The highest BCUT2D eigenvalue weighted by Gasteiger charge is 2.19. The Morgan fingerprint density at radius 3 is 1.42 bits per heavy atom. The fraction of sp³-hybridized carbons (Fsp3) is 0. The highest BCUT2D eigenvalue weighted by molar-refractivity contribution is 6.35. The zero-order valence-electron chi connectivity index (χ0n) is 30.9. The molecule has 1 aromatic heterocycles. The van der Waals surface area contributed by atoms with Gasteiger partial charge in [-0.3, -0.25) is 0 Å². The quantitative estimate of drug-likeness (QED) is 0.166. The number of hydrogen-bond acceptors (Lipinski definition) is 1. The molecule has 0 aliphatic heterocycles. The van der Waals surface area contributed by atoms with Crippen LogP contribution in [-0.4, -0.2) is 0 Å². The van der Waals surface area contributed by atoms with Crippen molar-refractivity contribution in [3.8, 4) is 33.4 Å². The SMILES string of the molecule is c1cc(-c2cccc3ccccc23)cc(-c2ccc3ccc4c(-c5ccc6c(c5)oc5ccc7c8ccccc8c8ccccc8c7c56)ccc5ccc2c3c54)c1. The molecule has 57 heavy (non-hydrogen) atoms. The van der Waals surface area contributed by atoms with Crippen molar-refractivity contribution in [2.45, 2.75) is 0 Å². The molecule has 0 amide bonds. The van der Waals surface area contributed by atoms with Crippen molar-refractivity contribution in [1.29, 1.82) is 0 Å². The van der Waals surface area contributed by atoms with Gasteiger partial charge < -0.3 is 4.42 Å². The lowest BCUT2D eigenvalue weighted by molar-refractivity contribution is 0.669. The van der Waals surface area contributed by atoms with E-state index in [2.05, 4.69) is 194 Å². The van der Waals surface area contributed by atoms with Gasteiger partial charge in [0.2, 0.25) is 0 Å². The van der Waals surface area contributed by atoms with Crippen LogP contribution in [0.1, 0.15) is 0 Å². The smallest absolute Gasteiger partial charge is 0.136 e. The second-order valence-corrected chi connectivity index (χ2v) is 15.5. The van der Waals surface area contributed by atoms with Crippen molar-refractivity contribution >= 4 is 97.3 Å². The summed E-state index contributed by atoms with van der Waals surface area (Å²) in [6.45, 7) is 0. The van der Waals surface area contributed by atoms with Crippen LogP contribution in [0.2, 0.25) is 0 Å². The first kappa shape index (κ1) is 30.8. The maximum absolute atomic E-state index is 6.74. The van der Waals surface area contributed by atoms with Gasteiger partial charge in [0.15, 0.2) is 0 Å². The predicted molar refractivity (Wildman–Crippen MR) is 244 cm³/mol. The second kappa shape index (κ2) is 11.5. The van der Waals surface area contributed by atoms with E-state index in [9.17, 15) is 0 Å². The maximum atomic E-state index is 6.74. The Bertz CT molecular complexity index is 3770. The van der Waals surface area contributed by atoms with Gasteiger partial charge in [-0.2, -0.15) is 0 Å². The van der Waals surface area contributed by atoms with Crippen LogP contribution in [0.5, 0.6) is 0 Å². The third kappa shape index (κ3) is 4.34. The second-order valence-electron chi connectivity index (χ2n) is 15.5. The summed E-state index contributed by atoms with van der Waals surface area (Å²) >= 11 is 0. The van der Waals surface area contributed by atoms with Gasteiger partial charge in [-0.1, -0.05) is 164 Å². The van der Waals surface area contributed by atoms with Gasteiger partial charge in [0.1, 0.15) is 11.2 Å². The minimum absolute atomic E-state index is 0.909. The van der Waals surface area contributed by atoms with Gasteiger partial charge in [-0.25, -0.2) is 0 Å². The molecular weight excluding hydrogens is 689 g/mol. The normalized spacial score (nSPS) is 12.2. The number of furan rings is 1. The molecular formula is C56H32O. The van der Waals surface area contributed by atoms with Crippen molar-refractivity contribution in [3.05, 3.63) is 194 Å². The molecule has 262 valence electrons. The Hall–Kier alpha value is -7.48. The fourth-order valence-electron chi connectivity index (χ4n) is 10.1. The summed E-state index contributed by atoms with van der Waals surface area (Å²) in [6, 6.07) is 71.5. The van der Waals surface area contributed by atoms with Crippen molar-refractivity contribution in [3.63, 3.8) is 0 Å². The topological polar surface area (TPSA) is 13.1 Å². The van der Waals surface area contributed by atoms with Crippen LogP contribution < -0.4 is 0 Å². The molecule has 0 aliphatic rings. The van der Waals surface area contributed by atoms with E-state index < -0.39 is 0 Å². The summed E-state index contributed by atoms with van der Waals surface area (Å²) in [6.07, 6.45) is 0. The summed E-state index contributed by atoms with van der Waals surface area (Å²) in [5.74, 6) is 0. The van der Waals surface area contributed by atoms with E-state index >= 15 is 0 Å². The number of benzene rings is 12. The molecule has 0 spiro atoms. The number of hydrogen-bond donors (Lipinski definition) is 0. The van der Waals surface area contributed by atoms with Gasteiger partial charge in [0, 0.05) is 16.2 Å². The lowest BCUT2D eigenvalue weighted by Crippen LogP contribution is -1.90. The highest BCUT2D eigenvalue weighted by Crippen LogP contribution is 2.46. The van der Waals surface area contributed by atoms with Crippen molar-refractivity contribution in [2.24, 2.45) is 0 Å². The number of rotatable bonds is 3. The molecule has 1 heterocycles. The summed E-state index contributed by atoms with van der Waals surface area (Å²) in [5.41, 5.74) is 9.16. The maximum Gasteiger partial charge on any atom is 0.136 e. The zero-order chi connectivity index (χ0) is 37.2. The molecule has 0 atom stereocenters. The van der Waals surface area contributed by atoms with Crippen LogP contribution in [0.4, 0.5) is 0 Å². The first-order valence-electron chi connectivity index (χ1n) is 19.7. The Labute approximate surface area is 328 Å². The minimum Gasteiger partial charge on any atom is -0.456 e. The van der Waals surface area contributed by atoms with Gasteiger partial charge in [-0.05, 0) is 134 Å². The first-order valence-corrected chi connectivity index (χ1v) is 19.7. The largest absolute Gasteiger partial charge is 0.456 e. The standard InChI is InChI=1S/C56H32O/c1-2-13-39-33(9-1)10-8-18-40(39)36-11-7-12-37(31-36)41-24-19-34-22-27-48-42(25-20-35-21-26-47(41)53(34)54(35)48)38-23-28-50-52(32-38)57-51-30-29-49-45-16-4-3-14-43(45)44-15-5-6-17-46(44)55(49)56(50)51/h1-32H. The van der Waals surface area contributed by atoms with Crippen molar-refractivity contribution in [2.75, 3.05) is 0 Å². The predicted octanol–water partition coefficient (Wildman–Crippen LogP) is 16.1. The monoisotopic (exact) mass is 720 g/mol. The summed E-state index contributed by atoms with van der Waals surface area (Å²) < 4.78 is 6.74. The van der Waals surface area contributed by atoms with Gasteiger partial charge >= 0.3 is 0 Å². The molecule has 1 nitrogen and oxygen atoms in total. The van der Waals surface area contributed by atoms with Gasteiger partial charge in [-0.15, -0.1) is 0 Å². The molecule has 0 saturated carbocycles. The molecule has 0 saturated heterocycles. The van der Waals surface area contributed by atoms with E-state index in [1.807, 2.05) is 0 Å². The molecule has 1 heteroatoms. The number of fused-ring (bicyclic) bond motifs is 11. The van der Waals surface area contributed by atoms with E-state index in [4.69, 9.17) is 4.42 Å². The zero-order valence-corrected chi connectivity index (χ0v) is 30.9. The van der Waals surface area contributed by atoms with Crippen LogP contribution in [0.15, 0.2) is 199 Å². The fourth-order valence-corrected chi connectivity index (χ4v) is 10.1. The molecule has 0 N–H and O–H groups in total. The molecule has 0 bridgehead atoms. The molecule has 12 aromatic carbocycles. The van der Waals surface area contributed by atoms with E-state index in [0.29, 0.717) is 0 Å². The van der Waals surface area contributed by atoms with Crippen LogP contribution in [0.25, 0.3) is 131 Å². The van der Waals surface area contributed by atoms with Gasteiger partial charge in [0.05, 0.1) is 0 Å². The molecule has 0 radical (unpaired) electrons. The van der Waals surface area contributed by atoms with E-state index in [-0.39, 0.29) is 0 Å². The molecule has 13 rings (SSSR count). The van der Waals surface area contributed by atoms with Crippen LogP contribution in [0.3, 0.4) is 0 Å². The Morgan fingerprint density at radius 1 is 0.228 bits per heavy atom. The van der Waals surface area contributed by atoms with Crippen LogP contribution in [-0.2, 0) is 0 Å². The first-order chi connectivity index (χ1) is 28.3. The van der Waals surface area contributed by atoms with Gasteiger partial charge in [0.25, 0.3) is 0 Å². The lowest BCUT2D eigenvalue weighted by Gasteiger charge is -2.17. The third-order valence-electron chi connectivity index (χ3n) is 12.6. The third-order valence-corrected chi connectivity index (χ3v) is 12.6. The Morgan fingerprint density at radius 2 is 0.719 bits per heavy atom. The lowest BCUT2D eigenvalue weighted by atomic mass is 9.86. The van der Waals surface area contributed by atoms with E-state index in [0.717, 1.165) is 22.1 Å². The summed E-state index contributed by atoms with van der Waals surface area (Å²) in [4.78, 5) is 0. The minimum atomic E-state index is 0.909. The van der Waals surface area contributed by atoms with Crippen LogP contribution >= 0.6 is 0 Å². The van der Waals surface area contributed by atoms with Crippen molar-refractivity contribution in [1.82, 2.24) is 0 Å². The summed E-state index contributed by atoms with van der Waals surface area (Å²) in [7, 11) is 0. The summed E-state index contributed by atoms with van der Waals surface area (Å²) in [5, 5.41) is 20.1. The average Bonchev–Trinajstić information content (AvgIpc) is 3.66. The molecule has 0 fully saturated rings. The van der Waals surface area contributed by atoms with Crippen molar-refractivity contribution < 1.29 is 4.42 Å². The highest BCUT2D eigenvalue weighted by atomic mass is 16.3. The van der Waals surface area contributed by atoms with Crippen LogP contribution in [0, 0.1) is 0 Å². The van der Waals surface area contributed by atoms with E-state index in [1.54, 1.807) is 0 Å². The Balaban J connectivity index is 0.996. The Kier molecular flexibility index (Phi) is 6.23. The van der Waals surface area contributed by atoms with E-state index in [1.165, 1.54) is 109 Å². The average molecular weight is 721 g/mol.